The molecule has 0 saturated carbocycles. The van der Waals surface area contributed by atoms with E-state index in [0.29, 0.717) is 24.9 Å². The summed E-state index contributed by atoms with van der Waals surface area (Å²) in [5, 5.41) is 12.0. The average molecular weight is 282 g/mol. The standard InChI is InChI=1S/C11H12BrN3O/c12-9-3-4-10(8(6-9)7-13)15-5-1-2-11(14)16/h3-4,6,15H,1-2,5H2,(H2,14,16). The van der Waals surface area contributed by atoms with Crippen LogP contribution in [0.25, 0.3) is 0 Å². The predicted octanol–water partition coefficient (Wildman–Crippen LogP) is 2.00. The van der Waals surface area contributed by atoms with Crippen LogP contribution in [0.1, 0.15) is 18.4 Å². The molecule has 3 N–H and O–H groups in total. The van der Waals surface area contributed by atoms with Crippen molar-refractivity contribution >= 4 is 27.5 Å². The Hall–Kier alpha value is -1.54. The fourth-order valence-electron chi connectivity index (χ4n) is 1.25. The molecule has 1 amide bonds. The van der Waals surface area contributed by atoms with Crippen LogP contribution in [0.5, 0.6) is 0 Å². The van der Waals surface area contributed by atoms with E-state index in [-0.39, 0.29) is 5.91 Å². The van der Waals surface area contributed by atoms with E-state index in [1.165, 1.54) is 0 Å². The molecule has 5 heteroatoms. The summed E-state index contributed by atoms with van der Waals surface area (Å²) in [6, 6.07) is 7.53. The van der Waals surface area contributed by atoms with Gasteiger partial charge in [0.25, 0.3) is 0 Å². The molecule has 0 aliphatic rings. The molecule has 0 radical (unpaired) electrons. The van der Waals surface area contributed by atoms with Crippen LogP contribution in [-0.2, 0) is 4.79 Å². The zero-order valence-electron chi connectivity index (χ0n) is 8.66. The summed E-state index contributed by atoms with van der Waals surface area (Å²) < 4.78 is 0.867. The van der Waals surface area contributed by atoms with Crippen LogP contribution in [0, 0.1) is 11.3 Å². The van der Waals surface area contributed by atoms with E-state index in [2.05, 4.69) is 27.3 Å². The Morgan fingerprint density at radius 3 is 2.94 bits per heavy atom. The normalized spacial score (nSPS) is 9.50. The molecular formula is C11H12BrN3O. The summed E-state index contributed by atoms with van der Waals surface area (Å²) in [6.45, 7) is 0.624. The zero-order chi connectivity index (χ0) is 12.0. The molecule has 0 bridgehead atoms. The second-order valence-electron chi connectivity index (χ2n) is 3.30. The van der Waals surface area contributed by atoms with E-state index in [1.54, 1.807) is 6.07 Å². The molecule has 0 heterocycles. The van der Waals surface area contributed by atoms with Crippen molar-refractivity contribution < 1.29 is 4.79 Å². The first-order valence-electron chi connectivity index (χ1n) is 4.85. The number of carbonyl (C=O) groups excluding carboxylic acids is 1. The van der Waals surface area contributed by atoms with E-state index in [0.717, 1.165) is 10.2 Å². The predicted molar refractivity (Wildman–Crippen MR) is 65.8 cm³/mol. The van der Waals surface area contributed by atoms with Gasteiger partial charge in [-0.1, -0.05) is 15.9 Å². The number of halogens is 1. The minimum atomic E-state index is -0.307. The fraction of sp³-hybridized carbons (Fsp3) is 0.273. The summed E-state index contributed by atoms with van der Waals surface area (Å²) >= 11 is 3.30. The second kappa shape index (κ2) is 6.13. The van der Waals surface area contributed by atoms with Crippen LogP contribution in [-0.4, -0.2) is 12.5 Å². The third-order valence-corrected chi connectivity index (χ3v) is 2.51. The van der Waals surface area contributed by atoms with Gasteiger partial charge in [-0.25, -0.2) is 0 Å². The van der Waals surface area contributed by atoms with E-state index in [4.69, 9.17) is 11.0 Å². The van der Waals surface area contributed by atoms with Gasteiger partial charge in [0.05, 0.1) is 11.3 Å². The molecule has 1 aromatic rings. The molecule has 0 unspecified atom stereocenters. The van der Waals surface area contributed by atoms with E-state index < -0.39 is 0 Å². The van der Waals surface area contributed by atoms with Gasteiger partial charge in [-0.2, -0.15) is 5.26 Å². The van der Waals surface area contributed by atoms with Gasteiger partial charge in [-0.05, 0) is 24.6 Å². The minimum Gasteiger partial charge on any atom is -0.384 e. The number of nitrogens with zero attached hydrogens (tertiary/aromatic N) is 1. The number of nitriles is 1. The monoisotopic (exact) mass is 281 g/mol. The van der Waals surface area contributed by atoms with Gasteiger partial charge >= 0.3 is 0 Å². The molecule has 16 heavy (non-hydrogen) atoms. The Morgan fingerprint density at radius 1 is 1.56 bits per heavy atom. The third kappa shape index (κ3) is 3.91. The van der Waals surface area contributed by atoms with Crippen molar-refractivity contribution in [1.82, 2.24) is 0 Å². The van der Waals surface area contributed by atoms with Crippen molar-refractivity contribution in [3.05, 3.63) is 28.2 Å². The molecule has 1 aromatic carbocycles. The summed E-state index contributed by atoms with van der Waals surface area (Å²) in [5.41, 5.74) is 6.37. The average Bonchev–Trinajstić information content (AvgIpc) is 2.25. The Morgan fingerprint density at radius 2 is 2.31 bits per heavy atom. The van der Waals surface area contributed by atoms with Crippen molar-refractivity contribution in [3.63, 3.8) is 0 Å². The lowest BCUT2D eigenvalue weighted by molar-refractivity contribution is -0.118. The molecule has 1 rings (SSSR count). The second-order valence-corrected chi connectivity index (χ2v) is 4.21. The maximum atomic E-state index is 10.5. The fourth-order valence-corrected chi connectivity index (χ4v) is 1.61. The third-order valence-electron chi connectivity index (χ3n) is 2.02. The Bertz CT molecular complexity index is 426. The summed E-state index contributed by atoms with van der Waals surface area (Å²) in [4.78, 5) is 10.5. The van der Waals surface area contributed by atoms with E-state index in [9.17, 15) is 4.79 Å². The van der Waals surface area contributed by atoms with Crippen LogP contribution < -0.4 is 11.1 Å². The van der Waals surface area contributed by atoms with Crippen molar-refractivity contribution in [1.29, 1.82) is 5.26 Å². The lowest BCUT2D eigenvalue weighted by Gasteiger charge is -2.07. The van der Waals surface area contributed by atoms with Gasteiger partial charge in [0.2, 0.25) is 5.91 Å². The molecule has 0 aliphatic carbocycles. The lowest BCUT2D eigenvalue weighted by Crippen LogP contribution is -2.12. The first-order valence-corrected chi connectivity index (χ1v) is 5.64. The summed E-state index contributed by atoms with van der Waals surface area (Å²) in [5.74, 6) is -0.307. The van der Waals surface area contributed by atoms with Gasteiger partial charge < -0.3 is 11.1 Å². The van der Waals surface area contributed by atoms with Crippen LogP contribution in [0.2, 0.25) is 0 Å². The van der Waals surface area contributed by atoms with Crippen molar-refractivity contribution in [2.45, 2.75) is 12.8 Å². The number of primary amides is 1. The molecule has 0 spiro atoms. The number of hydrogen-bond donors (Lipinski definition) is 2. The largest absolute Gasteiger partial charge is 0.384 e. The highest BCUT2D eigenvalue weighted by atomic mass is 79.9. The van der Waals surface area contributed by atoms with Gasteiger partial charge in [0.1, 0.15) is 6.07 Å². The zero-order valence-corrected chi connectivity index (χ0v) is 10.3. The van der Waals surface area contributed by atoms with E-state index >= 15 is 0 Å². The highest BCUT2D eigenvalue weighted by Crippen LogP contribution is 2.20. The van der Waals surface area contributed by atoms with Crippen molar-refractivity contribution in [3.8, 4) is 6.07 Å². The number of rotatable bonds is 5. The minimum absolute atomic E-state index is 0.307. The topological polar surface area (TPSA) is 78.9 Å². The van der Waals surface area contributed by atoms with Crippen molar-refractivity contribution in [2.75, 3.05) is 11.9 Å². The molecule has 0 aliphatic heterocycles. The molecule has 4 nitrogen and oxygen atoms in total. The smallest absolute Gasteiger partial charge is 0.217 e. The number of nitrogens with two attached hydrogens (primary N) is 1. The van der Waals surface area contributed by atoms with Crippen LogP contribution in [0.4, 0.5) is 5.69 Å². The molecular weight excluding hydrogens is 270 g/mol. The number of amides is 1. The Labute approximate surface area is 103 Å². The maximum absolute atomic E-state index is 10.5. The van der Waals surface area contributed by atoms with Crippen LogP contribution in [0.15, 0.2) is 22.7 Å². The first kappa shape index (κ1) is 12.5. The Balaban J connectivity index is 2.54. The SMILES string of the molecule is N#Cc1cc(Br)ccc1NCCCC(N)=O. The Kier molecular flexibility index (Phi) is 4.80. The van der Waals surface area contributed by atoms with Crippen molar-refractivity contribution in [2.24, 2.45) is 5.73 Å². The molecule has 0 fully saturated rings. The molecule has 0 saturated heterocycles. The number of carbonyl (C=O) groups is 1. The van der Waals surface area contributed by atoms with E-state index in [1.807, 2.05) is 12.1 Å². The molecule has 0 atom stereocenters. The highest BCUT2D eigenvalue weighted by Gasteiger charge is 2.02. The summed E-state index contributed by atoms with van der Waals surface area (Å²) in [7, 11) is 0. The number of hydrogen-bond acceptors (Lipinski definition) is 3. The molecule has 0 aromatic heterocycles. The van der Waals surface area contributed by atoms with Gasteiger partial charge in [0, 0.05) is 17.4 Å². The molecule has 84 valence electrons. The van der Waals surface area contributed by atoms with Gasteiger partial charge in [-0.15, -0.1) is 0 Å². The number of anilines is 1. The van der Waals surface area contributed by atoms with Crippen LogP contribution >= 0.6 is 15.9 Å². The van der Waals surface area contributed by atoms with Gasteiger partial charge in [-0.3, -0.25) is 4.79 Å². The lowest BCUT2D eigenvalue weighted by atomic mass is 10.2. The van der Waals surface area contributed by atoms with Crippen LogP contribution in [0.3, 0.4) is 0 Å². The maximum Gasteiger partial charge on any atom is 0.217 e. The first-order chi connectivity index (χ1) is 7.63. The van der Waals surface area contributed by atoms with Gasteiger partial charge in [0.15, 0.2) is 0 Å². The highest BCUT2D eigenvalue weighted by molar-refractivity contribution is 9.10. The number of nitrogens with one attached hydrogen (secondary N) is 1. The quantitative estimate of drug-likeness (QED) is 0.811. The number of benzene rings is 1. The summed E-state index contributed by atoms with van der Waals surface area (Å²) in [6.07, 6.45) is 1.02.